The lowest BCUT2D eigenvalue weighted by molar-refractivity contribution is -0.132. The van der Waals surface area contributed by atoms with Crippen molar-refractivity contribution < 1.29 is 9.53 Å². The van der Waals surface area contributed by atoms with Gasteiger partial charge in [-0.25, -0.2) is 0 Å². The zero-order valence-electron chi connectivity index (χ0n) is 20.2. The van der Waals surface area contributed by atoms with Gasteiger partial charge in [0.25, 0.3) is 5.91 Å². The van der Waals surface area contributed by atoms with Gasteiger partial charge in [0.05, 0.1) is 12.2 Å². The first-order chi connectivity index (χ1) is 16.6. The van der Waals surface area contributed by atoms with Gasteiger partial charge in [-0.2, -0.15) is 0 Å². The molecular formula is C31H33NO2. The average molecular weight is 452 g/mol. The average Bonchev–Trinajstić information content (AvgIpc) is 3.23. The summed E-state index contributed by atoms with van der Waals surface area (Å²) in [6, 6.07) is 27.3. The van der Waals surface area contributed by atoms with Crippen LogP contribution in [0.15, 0.2) is 84.4 Å². The molecule has 0 N–H and O–H groups in total. The molecule has 2 aliphatic rings. The van der Waals surface area contributed by atoms with Crippen molar-refractivity contribution in [3.63, 3.8) is 0 Å². The highest BCUT2D eigenvalue weighted by Crippen LogP contribution is 2.44. The van der Waals surface area contributed by atoms with Gasteiger partial charge in [-0.15, -0.1) is 0 Å². The van der Waals surface area contributed by atoms with Crippen LogP contribution in [-0.2, 0) is 28.2 Å². The maximum absolute atomic E-state index is 14.0. The second-order valence-corrected chi connectivity index (χ2v) is 9.69. The molecule has 174 valence electrons. The summed E-state index contributed by atoms with van der Waals surface area (Å²) in [5.74, 6) is 0.154. The molecule has 0 saturated carbocycles. The molecule has 0 bridgehead atoms. The number of hydrogen-bond acceptors (Lipinski definition) is 2. The van der Waals surface area contributed by atoms with Crippen molar-refractivity contribution in [3.8, 4) is 0 Å². The third kappa shape index (κ3) is 4.33. The van der Waals surface area contributed by atoms with Crippen molar-refractivity contribution in [2.75, 3.05) is 13.1 Å². The van der Waals surface area contributed by atoms with E-state index in [9.17, 15) is 4.79 Å². The van der Waals surface area contributed by atoms with Gasteiger partial charge in [0, 0.05) is 18.7 Å². The van der Waals surface area contributed by atoms with E-state index < -0.39 is 0 Å². The fourth-order valence-electron chi connectivity index (χ4n) is 5.51. The first-order valence-corrected chi connectivity index (χ1v) is 12.4. The Labute approximate surface area is 203 Å². The Bertz CT molecular complexity index is 1200. The third-order valence-electron chi connectivity index (χ3n) is 7.56. The molecule has 0 unspecified atom stereocenters. The molecule has 34 heavy (non-hydrogen) atoms. The highest BCUT2D eigenvalue weighted by Gasteiger charge is 2.43. The van der Waals surface area contributed by atoms with Gasteiger partial charge in [-0.1, -0.05) is 84.4 Å². The monoisotopic (exact) mass is 451 g/mol. The van der Waals surface area contributed by atoms with Crippen LogP contribution >= 0.6 is 0 Å². The standard InChI is InChI=1S/C31H33NO2/c1-23-10-6-8-14-27(23)29(24(2)16-17-25-11-4-3-5-12-25)30(33)32-20-18-31(19-21-32)28-15-9-7-13-26(28)22-34-31/h3-15H,16-22H2,1-2H3/b29-24+. The number of ether oxygens (including phenoxy) is 1. The van der Waals surface area contributed by atoms with Crippen LogP contribution in [0.1, 0.15) is 54.0 Å². The number of likely N-dealkylation sites (tertiary alicyclic amines) is 1. The zero-order chi connectivity index (χ0) is 23.5. The van der Waals surface area contributed by atoms with E-state index in [1.54, 1.807) is 0 Å². The summed E-state index contributed by atoms with van der Waals surface area (Å²) in [7, 11) is 0. The van der Waals surface area contributed by atoms with Gasteiger partial charge >= 0.3 is 0 Å². The molecule has 3 aromatic carbocycles. The summed E-state index contributed by atoms with van der Waals surface area (Å²) in [4.78, 5) is 16.0. The van der Waals surface area contributed by atoms with Crippen LogP contribution in [0.5, 0.6) is 0 Å². The van der Waals surface area contributed by atoms with E-state index in [1.165, 1.54) is 16.7 Å². The highest BCUT2D eigenvalue weighted by atomic mass is 16.5. The molecule has 1 fully saturated rings. The van der Waals surface area contributed by atoms with Gasteiger partial charge < -0.3 is 9.64 Å². The van der Waals surface area contributed by atoms with Crippen molar-refractivity contribution in [2.24, 2.45) is 0 Å². The lowest BCUT2D eigenvalue weighted by Gasteiger charge is -2.39. The number of allylic oxidation sites excluding steroid dienone is 1. The Morgan fingerprint density at radius 3 is 2.35 bits per heavy atom. The van der Waals surface area contributed by atoms with Crippen molar-refractivity contribution in [2.45, 2.75) is 51.7 Å². The summed E-state index contributed by atoms with van der Waals surface area (Å²) in [6.07, 6.45) is 3.50. The predicted molar refractivity (Wildman–Crippen MR) is 137 cm³/mol. The molecule has 0 aliphatic carbocycles. The Morgan fingerprint density at radius 2 is 1.59 bits per heavy atom. The molecule has 1 saturated heterocycles. The van der Waals surface area contributed by atoms with E-state index in [-0.39, 0.29) is 11.5 Å². The summed E-state index contributed by atoms with van der Waals surface area (Å²) in [5.41, 5.74) is 7.91. The number of benzene rings is 3. The molecule has 2 heterocycles. The van der Waals surface area contributed by atoms with Crippen LogP contribution in [0.4, 0.5) is 0 Å². The van der Waals surface area contributed by atoms with Crippen LogP contribution in [0.2, 0.25) is 0 Å². The second-order valence-electron chi connectivity index (χ2n) is 9.69. The number of amides is 1. The summed E-state index contributed by atoms with van der Waals surface area (Å²) in [5, 5.41) is 0. The van der Waals surface area contributed by atoms with E-state index in [0.29, 0.717) is 19.7 Å². The number of piperidine rings is 1. The number of hydrogen-bond donors (Lipinski definition) is 0. The second kappa shape index (κ2) is 9.60. The Morgan fingerprint density at radius 1 is 0.912 bits per heavy atom. The van der Waals surface area contributed by atoms with Gasteiger partial charge in [-0.3, -0.25) is 4.79 Å². The third-order valence-corrected chi connectivity index (χ3v) is 7.56. The fourth-order valence-corrected chi connectivity index (χ4v) is 5.51. The highest BCUT2D eigenvalue weighted by molar-refractivity contribution is 6.20. The molecular weight excluding hydrogens is 418 g/mol. The topological polar surface area (TPSA) is 29.5 Å². The van der Waals surface area contributed by atoms with Gasteiger partial charge in [0.2, 0.25) is 0 Å². The van der Waals surface area contributed by atoms with Gasteiger partial charge in [0.15, 0.2) is 0 Å². The van der Waals surface area contributed by atoms with E-state index in [0.717, 1.165) is 48.0 Å². The minimum Gasteiger partial charge on any atom is -0.365 e. The van der Waals surface area contributed by atoms with E-state index in [4.69, 9.17) is 4.74 Å². The van der Waals surface area contributed by atoms with Crippen LogP contribution in [-0.4, -0.2) is 23.9 Å². The van der Waals surface area contributed by atoms with Crippen LogP contribution in [0.25, 0.3) is 5.57 Å². The quantitative estimate of drug-likeness (QED) is 0.417. The maximum Gasteiger partial charge on any atom is 0.254 e. The number of rotatable bonds is 5. The van der Waals surface area contributed by atoms with Crippen LogP contribution in [0, 0.1) is 6.92 Å². The Kier molecular flexibility index (Phi) is 6.38. The summed E-state index contributed by atoms with van der Waals surface area (Å²) >= 11 is 0. The number of nitrogens with zero attached hydrogens (tertiary/aromatic N) is 1. The molecule has 0 aromatic heterocycles. The molecule has 3 heteroatoms. The van der Waals surface area contributed by atoms with Crippen LogP contribution in [0.3, 0.4) is 0 Å². The molecule has 0 atom stereocenters. The Balaban J connectivity index is 1.39. The van der Waals surface area contributed by atoms with Gasteiger partial charge in [0.1, 0.15) is 0 Å². The van der Waals surface area contributed by atoms with Crippen molar-refractivity contribution in [1.29, 1.82) is 0 Å². The maximum atomic E-state index is 14.0. The van der Waals surface area contributed by atoms with E-state index in [2.05, 4.69) is 74.5 Å². The molecule has 2 aliphatic heterocycles. The van der Waals surface area contributed by atoms with E-state index in [1.807, 2.05) is 23.1 Å². The molecule has 3 nitrogen and oxygen atoms in total. The molecule has 1 amide bonds. The first-order valence-electron chi connectivity index (χ1n) is 12.4. The normalized spacial score (nSPS) is 17.4. The van der Waals surface area contributed by atoms with Crippen molar-refractivity contribution in [3.05, 3.63) is 112 Å². The number of aryl methyl sites for hydroxylation is 2. The largest absolute Gasteiger partial charge is 0.365 e. The Hall–Kier alpha value is -3.17. The van der Waals surface area contributed by atoms with Crippen molar-refractivity contribution in [1.82, 2.24) is 4.90 Å². The smallest absolute Gasteiger partial charge is 0.254 e. The lowest BCUT2D eigenvalue weighted by Crippen LogP contribution is -2.45. The van der Waals surface area contributed by atoms with Crippen LogP contribution < -0.4 is 0 Å². The fraction of sp³-hybridized carbons (Fsp3) is 0.323. The number of fused-ring (bicyclic) bond motifs is 2. The summed E-state index contributed by atoms with van der Waals surface area (Å²) < 4.78 is 6.33. The SMILES string of the molecule is C/C(CCc1ccccc1)=C(\C(=O)N1CCC2(CC1)OCc1ccccc12)c1ccccc1C. The van der Waals surface area contributed by atoms with Crippen molar-refractivity contribution >= 4 is 11.5 Å². The van der Waals surface area contributed by atoms with E-state index >= 15 is 0 Å². The molecule has 0 radical (unpaired) electrons. The minimum atomic E-state index is -0.234. The zero-order valence-corrected chi connectivity index (χ0v) is 20.2. The van der Waals surface area contributed by atoms with Gasteiger partial charge in [-0.05, 0) is 67.3 Å². The lowest BCUT2D eigenvalue weighted by atomic mass is 9.83. The molecule has 1 spiro atoms. The summed E-state index contributed by atoms with van der Waals surface area (Å²) in [6.45, 7) is 6.34. The number of carbonyl (C=O) groups is 1. The predicted octanol–water partition coefficient (Wildman–Crippen LogP) is 6.45. The molecule has 3 aromatic rings. The minimum absolute atomic E-state index is 0.154. The first kappa shape index (κ1) is 22.6. The molecule has 5 rings (SSSR count). The number of carbonyl (C=O) groups excluding carboxylic acids is 1.